The zero-order valence-electron chi connectivity index (χ0n) is 24.6. The van der Waals surface area contributed by atoms with Crippen molar-refractivity contribution >= 4 is 22.4 Å². The minimum atomic E-state index is 0.226. The molecule has 232 valence electrons. The van der Waals surface area contributed by atoms with Crippen molar-refractivity contribution in [3.63, 3.8) is 0 Å². The van der Waals surface area contributed by atoms with Gasteiger partial charge in [0.1, 0.15) is 23.3 Å². The lowest BCUT2D eigenvalue weighted by atomic mass is 9.82. The molecular weight excluding hydrogens is 647 g/mol. The minimum absolute atomic E-state index is 0.226. The average Bonchev–Trinajstić information content (AvgIpc) is 4.00. The van der Waals surface area contributed by atoms with Gasteiger partial charge in [-0.1, -0.05) is 4.49 Å². The molecule has 0 aliphatic carbocycles. The smallest absolute Gasteiger partial charge is 0.228 e. The van der Waals surface area contributed by atoms with Gasteiger partial charge in [0.15, 0.2) is 12.1 Å². The lowest BCUT2D eigenvalue weighted by Gasteiger charge is -2.23. The van der Waals surface area contributed by atoms with Gasteiger partial charge in [0.05, 0.1) is 46.8 Å². The highest BCUT2D eigenvalue weighted by Gasteiger charge is 2.34. The van der Waals surface area contributed by atoms with Crippen LogP contribution >= 0.6 is 11.5 Å². The number of nitrogens with zero attached hydrogens (tertiary/aromatic N) is 15. The van der Waals surface area contributed by atoms with E-state index in [1.165, 1.54) is 30.3 Å². The number of hydrogen-bond donors (Lipinski definition) is 0. The second kappa shape index (κ2) is 11.9. The summed E-state index contributed by atoms with van der Waals surface area (Å²) in [5.41, 5.74) is 6.13. The van der Waals surface area contributed by atoms with E-state index < -0.39 is 0 Å². The van der Waals surface area contributed by atoms with Gasteiger partial charge in [0, 0.05) is 74.8 Å². The van der Waals surface area contributed by atoms with E-state index in [0.29, 0.717) is 84.3 Å². The van der Waals surface area contributed by atoms with Gasteiger partial charge in [0.25, 0.3) is 0 Å². The molecule has 0 amide bonds. The monoisotopic (exact) mass is 661 g/mol. The predicted octanol–water partition coefficient (Wildman–Crippen LogP) is 4.68. The fraction of sp³-hybridized carbons (Fsp3) is 0. The van der Waals surface area contributed by atoms with Gasteiger partial charge >= 0.3 is 0 Å². The zero-order valence-corrected chi connectivity index (χ0v) is 25.4. The fourth-order valence-electron chi connectivity index (χ4n) is 5.70. The van der Waals surface area contributed by atoms with Gasteiger partial charge in [-0.2, -0.15) is 10.2 Å². The molecule has 18 heteroatoms. The van der Waals surface area contributed by atoms with Gasteiger partial charge in [-0.25, -0.2) is 19.9 Å². The number of pyridine rings is 1. The van der Waals surface area contributed by atoms with Crippen LogP contribution in [0.3, 0.4) is 0 Å². The maximum absolute atomic E-state index is 6.01. The Balaban J connectivity index is 1.64. The molecule has 17 nitrogen and oxygen atoms in total. The number of aromatic nitrogens is 15. The van der Waals surface area contributed by atoms with Crippen molar-refractivity contribution in [3.05, 3.63) is 91.7 Å². The highest BCUT2D eigenvalue weighted by Crippen LogP contribution is 2.53. The number of hydrogen-bond acceptors (Lipinski definition) is 18. The zero-order chi connectivity index (χ0) is 32.6. The van der Waals surface area contributed by atoms with Crippen LogP contribution in [0.15, 0.2) is 101 Å². The van der Waals surface area contributed by atoms with E-state index in [2.05, 4.69) is 65.5 Å². The third kappa shape index (κ3) is 4.74. The van der Waals surface area contributed by atoms with Gasteiger partial charge in [-0.3, -0.25) is 9.97 Å². The normalized spacial score (nSPS) is 11.3. The first-order chi connectivity index (χ1) is 24.4. The van der Waals surface area contributed by atoms with E-state index in [9.17, 15) is 0 Å². The maximum atomic E-state index is 6.01. The van der Waals surface area contributed by atoms with Crippen LogP contribution in [0.2, 0.25) is 0 Å². The van der Waals surface area contributed by atoms with Crippen molar-refractivity contribution < 1.29 is 8.94 Å². The van der Waals surface area contributed by atoms with Crippen LogP contribution in [0.1, 0.15) is 0 Å². The molecule has 0 N–H and O–H groups in total. The van der Waals surface area contributed by atoms with Crippen molar-refractivity contribution in [2.45, 2.75) is 0 Å². The Kier molecular flexibility index (Phi) is 6.79. The summed E-state index contributed by atoms with van der Waals surface area (Å²) in [5, 5.41) is 36.3. The molecule has 8 heterocycles. The van der Waals surface area contributed by atoms with Crippen LogP contribution in [-0.4, -0.2) is 75.5 Å². The van der Waals surface area contributed by atoms with Crippen LogP contribution in [0.5, 0.6) is 0 Å². The number of rotatable bonds is 7. The average molecular weight is 662 g/mol. The summed E-state index contributed by atoms with van der Waals surface area (Å²) < 4.78 is 15.5. The lowest BCUT2D eigenvalue weighted by molar-refractivity contribution is 0.393. The van der Waals surface area contributed by atoms with Crippen molar-refractivity contribution in [2.75, 3.05) is 0 Å². The molecule has 0 saturated heterocycles. The summed E-state index contributed by atoms with van der Waals surface area (Å²) in [7, 11) is 0. The molecule has 0 bridgehead atoms. The van der Waals surface area contributed by atoms with Crippen LogP contribution < -0.4 is 0 Å². The first-order valence-electron chi connectivity index (χ1n) is 14.4. The van der Waals surface area contributed by atoms with E-state index in [0.717, 1.165) is 0 Å². The SMILES string of the molecule is c1cnc(-c2nc3c(-c4ncco4)c(-c4conn4)c(-c4csnn4)c(-c4ccnnn4)c3c(-c3cccnn3)c2-c2cnccn2)nc1. The van der Waals surface area contributed by atoms with Gasteiger partial charge in [-0.15, -0.1) is 20.4 Å². The number of oxazole rings is 1. The molecule has 0 aliphatic heterocycles. The van der Waals surface area contributed by atoms with Crippen LogP contribution in [0, 0.1) is 0 Å². The second-order valence-corrected chi connectivity index (χ2v) is 10.7. The highest BCUT2D eigenvalue weighted by molar-refractivity contribution is 7.03. The molecule has 0 atom stereocenters. The van der Waals surface area contributed by atoms with E-state index in [4.69, 9.17) is 18.9 Å². The predicted molar refractivity (Wildman–Crippen MR) is 171 cm³/mol. The molecule has 0 fully saturated rings. The van der Waals surface area contributed by atoms with Crippen molar-refractivity contribution in [1.82, 2.24) is 75.5 Å². The molecule has 0 unspecified atom stereocenters. The molecule has 49 heavy (non-hydrogen) atoms. The Morgan fingerprint density at radius 2 is 1.51 bits per heavy atom. The number of benzene rings is 1. The molecular formula is C31H15N15O2S. The fourth-order valence-corrected chi connectivity index (χ4v) is 6.15. The van der Waals surface area contributed by atoms with Gasteiger partial charge < -0.3 is 8.94 Å². The third-order valence-corrected chi connectivity index (χ3v) is 8.00. The summed E-state index contributed by atoms with van der Waals surface area (Å²) in [6, 6.07) is 7.08. The van der Waals surface area contributed by atoms with Crippen molar-refractivity contribution in [3.8, 4) is 79.3 Å². The summed E-state index contributed by atoms with van der Waals surface area (Å²) in [5.74, 6) is 0.542. The van der Waals surface area contributed by atoms with Crippen LogP contribution in [0.4, 0.5) is 0 Å². The van der Waals surface area contributed by atoms with Gasteiger partial charge in [-0.05, 0) is 41.0 Å². The standard InChI is InChI=1S/C31H15N15O2S/c1-3-16(40-37-7-1)22-25(18-13-32-9-10-33-18)29(30-34-5-2-6-35-30)39-28-26(22)21(17-4-8-38-44-41-17)24(20-15-49-46-43-20)23(19-14-48-45-42-19)27(28)31-36-11-12-47-31/h1-15H. The van der Waals surface area contributed by atoms with E-state index in [1.807, 2.05) is 6.07 Å². The van der Waals surface area contributed by atoms with E-state index >= 15 is 0 Å². The van der Waals surface area contributed by atoms with E-state index in [1.54, 1.807) is 67.0 Å². The second-order valence-electron chi connectivity index (χ2n) is 10.1. The Hall–Kier alpha value is -7.21. The summed E-state index contributed by atoms with van der Waals surface area (Å²) in [4.78, 5) is 28.2. The van der Waals surface area contributed by atoms with Crippen LogP contribution in [0.25, 0.3) is 90.2 Å². The Morgan fingerprint density at radius 3 is 2.22 bits per heavy atom. The van der Waals surface area contributed by atoms with Crippen molar-refractivity contribution in [2.24, 2.45) is 0 Å². The lowest BCUT2D eigenvalue weighted by Crippen LogP contribution is -2.06. The highest BCUT2D eigenvalue weighted by atomic mass is 32.1. The summed E-state index contributed by atoms with van der Waals surface area (Å²) in [6.45, 7) is 0. The Morgan fingerprint density at radius 1 is 0.612 bits per heavy atom. The molecule has 8 aromatic heterocycles. The Labute approximate surface area is 277 Å². The van der Waals surface area contributed by atoms with E-state index in [-0.39, 0.29) is 5.89 Å². The third-order valence-electron chi connectivity index (χ3n) is 7.50. The topological polar surface area (TPSA) is 220 Å². The number of fused-ring (bicyclic) bond motifs is 1. The quantitative estimate of drug-likeness (QED) is 0.226. The molecule has 9 aromatic rings. The first kappa shape index (κ1) is 28.0. The first-order valence-corrected chi connectivity index (χ1v) is 15.2. The maximum Gasteiger partial charge on any atom is 0.228 e. The summed E-state index contributed by atoms with van der Waals surface area (Å²) in [6.07, 6.45) is 15.6. The minimum Gasteiger partial charge on any atom is -0.444 e. The molecule has 9 rings (SSSR count). The molecule has 0 radical (unpaired) electrons. The molecule has 1 aromatic carbocycles. The van der Waals surface area contributed by atoms with Crippen molar-refractivity contribution in [1.29, 1.82) is 0 Å². The molecule has 0 aliphatic rings. The Bertz CT molecular complexity index is 2520. The molecule has 0 saturated carbocycles. The largest absolute Gasteiger partial charge is 0.444 e. The van der Waals surface area contributed by atoms with Gasteiger partial charge in [0.2, 0.25) is 5.89 Å². The molecule has 0 spiro atoms. The van der Waals surface area contributed by atoms with Crippen LogP contribution in [-0.2, 0) is 0 Å². The summed E-state index contributed by atoms with van der Waals surface area (Å²) >= 11 is 1.17.